The Morgan fingerprint density at radius 3 is 3.11 bits per heavy atom. The minimum atomic E-state index is 0.246. The monoisotopic (exact) mass is 251 g/mol. The molecule has 1 aromatic rings. The Hall–Kier alpha value is -1.83. The molecule has 0 saturated heterocycles. The number of ketones is 1. The van der Waals surface area contributed by atoms with Gasteiger partial charge in [0.1, 0.15) is 0 Å². The summed E-state index contributed by atoms with van der Waals surface area (Å²) in [6.07, 6.45) is 6.77. The lowest BCUT2D eigenvalue weighted by atomic mass is 9.72. The molecule has 0 aromatic heterocycles. The Morgan fingerprint density at radius 2 is 2.21 bits per heavy atom. The lowest BCUT2D eigenvalue weighted by molar-refractivity contribution is -0.115. The number of hydrogen-bond donors (Lipinski definition) is 0. The lowest BCUT2D eigenvalue weighted by Gasteiger charge is -2.45. The molecule has 2 aliphatic heterocycles. The van der Waals surface area contributed by atoms with Crippen LogP contribution in [0.2, 0.25) is 0 Å². The van der Waals surface area contributed by atoms with Gasteiger partial charge in [-0.15, -0.1) is 0 Å². The van der Waals surface area contributed by atoms with Crippen LogP contribution in [0.25, 0.3) is 0 Å². The fourth-order valence-corrected chi connectivity index (χ4v) is 3.85. The van der Waals surface area contributed by atoms with Crippen LogP contribution in [-0.2, 0) is 11.2 Å². The molecule has 96 valence electrons. The minimum absolute atomic E-state index is 0.246. The molecule has 0 fully saturated rings. The quantitative estimate of drug-likeness (QED) is 0.705. The number of aryl methyl sites for hydroxylation is 1. The largest absolute Gasteiger partial charge is 0.345 e. The highest BCUT2D eigenvalue weighted by Crippen LogP contribution is 2.50. The molecule has 2 atom stereocenters. The van der Waals surface area contributed by atoms with E-state index >= 15 is 0 Å². The first-order valence-corrected chi connectivity index (χ1v) is 7.05. The van der Waals surface area contributed by atoms with Crippen molar-refractivity contribution in [3.05, 3.63) is 53.8 Å². The van der Waals surface area contributed by atoms with Crippen LogP contribution in [0.5, 0.6) is 0 Å². The number of para-hydroxylation sites is 1. The van der Waals surface area contributed by atoms with Crippen molar-refractivity contribution in [1.82, 2.24) is 0 Å². The van der Waals surface area contributed by atoms with Gasteiger partial charge in [0.25, 0.3) is 0 Å². The molecule has 0 spiro atoms. The highest BCUT2D eigenvalue weighted by Gasteiger charge is 2.39. The van der Waals surface area contributed by atoms with E-state index in [0.717, 1.165) is 13.0 Å². The topological polar surface area (TPSA) is 20.3 Å². The normalized spacial score (nSPS) is 28.1. The maximum atomic E-state index is 11.8. The SMILES string of the molecule is C=C1C2C=CC(=O)CC2c2cccc3c2N1CCC3. The van der Waals surface area contributed by atoms with Crippen LogP contribution in [0.4, 0.5) is 5.69 Å². The Kier molecular flexibility index (Phi) is 2.22. The van der Waals surface area contributed by atoms with Gasteiger partial charge in [-0.2, -0.15) is 0 Å². The molecule has 3 aliphatic rings. The summed E-state index contributed by atoms with van der Waals surface area (Å²) in [5.41, 5.74) is 5.30. The van der Waals surface area contributed by atoms with Crippen LogP contribution in [0, 0.1) is 5.92 Å². The van der Waals surface area contributed by atoms with E-state index in [1.165, 1.54) is 28.9 Å². The Morgan fingerprint density at radius 1 is 1.32 bits per heavy atom. The van der Waals surface area contributed by atoms with Crippen molar-refractivity contribution in [1.29, 1.82) is 0 Å². The summed E-state index contributed by atoms with van der Waals surface area (Å²) in [5, 5.41) is 0. The molecule has 2 heterocycles. The zero-order valence-corrected chi connectivity index (χ0v) is 10.9. The molecule has 0 amide bonds. The molecule has 2 heteroatoms. The third kappa shape index (κ3) is 1.46. The van der Waals surface area contributed by atoms with Crippen LogP contribution < -0.4 is 4.90 Å². The number of hydrogen-bond acceptors (Lipinski definition) is 2. The fraction of sp³-hybridized carbons (Fsp3) is 0.353. The maximum Gasteiger partial charge on any atom is 0.156 e. The summed E-state index contributed by atoms with van der Waals surface area (Å²) in [4.78, 5) is 14.1. The van der Waals surface area contributed by atoms with E-state index in [4.69, 9.17) is 0 Å². The first-order chi connectivity index (χ1) is 9.25. The number of anilines is 1. The Balaban J connectivity index is 1.95. The second kappa shape index (κ2) is 3.83. The standard InChI is InChI=1S/C17H17NO/c1-11-14-8-7-13(19)10-16(14)15-6-2-4-12-5-3-9-18(11)17(12)15/h2,4,6-8,14,16H,1,3,5,9-10H2. The van der Waals surface area contributed by atoms with Gasteiger partial charge in [0, 0.05) is 36.2 Å². The number of fused-ring (bicyclic) bond motifs is 2. The van der Waals surface area contributed by atoms with Crippen molar-refractivity contribution < 1.29 is 4.79 Å². The van der Waals surface area contributed by atoms with E-state index in [9.17, 15) is 4.79 Å². The average Bonchev–Trinajstić information content (AvgIpc) is 2.44. The van der Waals surface area contributed by atoms with E-state index in [2.05, 4.69) is 35.8 Å². The summed E-state index contributed by atoms with van der Waals surface area (Å²) in [7, 11) is 0. The van der Waals surface area contributed by atoms with Crippen molar-refractivity contribution in [3.8, 4) is 0 Å². The molecule has 0 radical (unpaired) electrons. The third-order valence-electron chi connectivity index (χ3n) is 4.72. The first-order valence-electron chi connectivity index (χ1n) is 7.05. The summed E-state index contributed by atoms with van der Waals surface area (Å²) < 4.78 is 0. The zero-order valence-electron chi connectivity index (χ0n) is 10.9. The van der Waals surface area contributed by atoms with Gasteiger partial charge in [-0.3, -0.25) is 4.79 Å². The van der Waals surface area contributed by atoms with Gasteiger partial charge in [-0.1, -0.05) is 30.9 Å². The predicted molar refractivity (Wildman–Crippen MR) is 76.2 cm³/mol. The van der Waals surface area contributed by atoms with Gasteiger partial charge in [0.2, 0.25) is 0 Å². The van der Waals surface area contributed by atoms with E-state index in [1.807, 2.05) is 0 Å². The first kappa shape index (κ1) is 11.0. The van der Waals surface area contributed by atoms with Crippen molar-refractivity contribution in [2.75, 3.05) is 11.4 Å². The van der Waals surface area contributed by atoms with E-state index in [0.29, 0.717) is 18.3 Å². The molecular formula is C17H17NO. The zero-order chi connectivity index (χ0) is 13.0. The van der Waals surface area contributed by atoms with Crippen molar-refractivity contribution in [2.45, 2.75) is 25.2 Å². The number of rotatable bonds is 0. The number of benzene rings is 1. The molecule has 0 saturated carbocycles. The van der Waals surface area contributed by atoms with Gasteiger partial charge in [0.05, 0.1) is 0 Å². The second-order valence-electron chi connectivity index (χ2n) is 5.76. The molecule has 1 aromatic carbocycles. The number of carbonyl (C=O) groups is 1. The molecule has 2 unspecified atom stereocenters. The van der Waals surface area contributed by atoms with Gasteiger partial charge in [0.15, 0.2) is 5.78 Å². The van der Waals surface area contributed by atoms with Crippen LogP contribution in [0.15, 0.2) is 42.6 Å². The van der Waals surface area contributed by atoms with E-state index in [-0.39, 0.29) is 5.78 Å². The third-order valence-corrected chi connectivity index (χ3v) is 4.72. The molecule has 4 rings (SSSR count). The molecule has 0 N–H and O–H groups in total. The Bertz CT molecular complexity index is 614. The van der Waals surface area contributed by atoms with Crippen LogP contribution in [0.1, 0.15) is 29.9 Å². The minimum Gasteiger partial charge on any atom is -0.345 e. The predicted octanol–water partition coefficient (Wildman–Crippen LogP) is 3.20. The molecule has 19 heavy (non-hydrogen) atoms. The molecule has 1 aliphatic carbocycles. The van der Waals surface area contributed by atoms with Crippen molar-refractivity contribution in [2.24, 2.45) is 5.92 Å². The fourth-order valence-electron chi connectivity index (χ4n) is 3.85. The summed E-state index contributed by atoms with van der Waals surface area (Å²) in [6, 6.07) is 6.57. The average molecular weight is 251 g/mol. The highest BCUT2D eigenvalue weighted by atomic mass is 16.1. The van der Waals surface area contributed by atoms with Crippen molar-refractivity contribution in [3.63, 3.8) is 0 Å². The van der Waals surface area contributed by atoms with Crippen LogP contribution in [0.3, 0.4) is 0 Å². The smallest absolute Gasteiger partial charge is 0.156 e. The maximum absolute atomic E-state index is 11.8. The summed E-state index contributed by atoms with van der Waals surface area (Å²) in [5.74, 6) is 0.851. The van der Waals surface area contributed by atoms with Gasteiger partial charge < -0.3 is 4.90 Å². The molecule has 0 bridgehead atoms. The number of nitrogens with zero attached hydrogens (tertiary/aromatic N) is 1. The van der Waals surface area contributed by atoms with Crippen LogP contribution in [-0.4, -0.2) is 12.3 Å². The van der Waals surface area contributed by atoms with Gasteiger partial charge >= 0.3 is 0 Å². The lowest BCUT2D eigenvalue weighted by Crippen LogP contribution is -2.39. The number of allylic oxidation sites excluding steroid dienone is 2. The summed E-state index contributed by atoms with van der Waals surface area (Å²) in [6.45, 7) is 5.38. The Labute approximate surface area is 113 Å². The van der Waals surface area contributed by atoms with Gasteiger partial charge in [-0.05, 0) is 30.0 Å². The van der Waals surface area contributed by atoms with Crippen molar-refractivity contribution >= 4 is 11.5 Å². The second-order valence-corrected chi connectivity index (χ2v) is 5.76. The van der Waals surface area contributed by atoms with E-state index < -0.39 is 0 Å². The number of carbonyl (C=O) groups excluding carboxylic acids is 1. The highest BCUT2D eigenvalue weighted by molar-refractivity contribution is 5.92. The summed E-state index contributed by atoms with van der Waals surface area (Å²) >= 11 is 0. The molecular weight excluding hydrogens is 234 g/mol. The molecule has 2 nitrogen and oxygen atoms in total. The van der Waals surface area contributed by atoms with E-state index in [1.54, 1.807) is 6.08 Å². The van der Waals surface area contributed by atoms with Gasteiger partial charge in [-0.25, -0.2) is 0 Å². The van der Waals surface area contributed by atoms with Crippen LogP contribution >= 0.6 is 0 Å².